The number of rotatable bonds is 4. The molecule has 1 saturated heterocycles. The van der Waals surface area contributed by atoms with E-state index < -0.39 is 46.3 Å². The molecular formula is C18H20F4N6O2S. The zero-order chi connectivity index (χ0) is 22.6. The first-order valence-corrected chi connectivity index (χ1v) is 11.6. The number of piperidine rings is 1. The molecule has 1 saturated carbocycles. The van der Waals surface area contributed by atoms with Crippen LogP contribution in [0.4, 0.5) is 23.5 Å². The highest BCUT2D eigenvalue weighted by atomic mass is 32.2. The quantitative estimate of drug-likeness (QED) is 0.703. The van der Waals surface area contributed by atoms with Crippen LogP contribution in [-0.2, 0) is 10.0 Å². The number of hydrogen-bond donors (Lipinski definition) is 1. The predicted octanol–water partition coefficient (Wildman–Crippen LogP) is 2.43. The molecule has 2 aromatic rings. The molecule has 0 bridgehead atoms. The standard InChI is InChI=1S/C18H20F4N6O2S/c1-31(29,30)27-5-3-13(12(19)9-27)25-17-24-8-14-15(20)11(7-23)16(28(14)26-17)10-2-4-18(21,22)6-10/h8,10,12-13H,2-6,9H2,1H3,(H,25,26)/t10?,12-,13-/m1/s1. The number of sulfonamides is 1. The van der Waals surface area contributed by atoms with Gasteiger partial charge in [0, 0.05) is 31.8 Å². The molecule has 4 rings (SSSR count). The zero-order valence-corrected chi connectivity index (χ0v) is 17.3. The van der Waals surface area contributed by atoms with E-state index >= 15 is 0 Å². The second-order valence-electron chi connectivity index (χ2n) is 8.04. The van der Waals surface area contributed by atoms with E-state index in [1.807, 2.05) is 0 Å². The van der Waals surface area contributed by atoms with Crippen molar-refractivity contribution in [3.63, 3.8) is 0 Å². The fourth-order valence-electron chi connectivity index (χ4n) is 4.27. The topological polar surface area (TPSA) is 103 Å². The molecule has 13 heteroatoms. The first-order chi connectivity index (χ1) is 14.5. The van der Waals surface area contributed by atoms with E-state index in [1.165, 1.54) is 0 Å². The van der Waals surface area contributed by atoms with Gasteiger partial charge in [-0.25, -0.2) is 35.5 Å². The molecule has 168 valence electrons. The SMILES string of the molecule is CS(=O)(=O)N1CC[C@@H](Nc2ncc3c(F)c(C#N)c(C4CCC(F)(F)C4)n3n2)[C@H](F)C1. The van der Waals surface area contributed by atoms with Crippen molar-refractivity contribution < 1.29 is 26.0 Å². The number of hydrogen-bond acceptors (Lipinski definition) is 6. The molecule has 1 aliphatic carbocycles. The maximum Gasteiger partial charge on any atom is 0.248 e. The van der Waals surface area contributed by atoms with Crippen molar-refractivity contribution in [3.05, 3.63) is 23.3 Å². The molecule has 3 atom stereocenters. The molecule has 1 unspecified atom stereocenters. The largest absolute Gasteiger partial charge is 0.347 e. The summed E-state index contributed by atoms with van der Waals surface area (Å²) < 4.78 is 82.1. The summed E-state index contributed by atoms with van der Waals surface area (Å²) in [4.78, 5) is 3.97. The van der Waals surface area contributed by atoms with Crippen LogP contribution in [-0.4, -0.2) is 64.8 Å². The highest BCUT2D eigenvalue weighted by molar-refractivity contribution is 7.88. The third-order valence-electron chi connectivity index (χ3n) is 5.85. The zero-order valence-electron chi connectivity index (χ0n) is 16.5. The molecule has 1 N–H and O–H groups in total. The first-order valence-electron chi connectivity index (χ1n) is 9.71. The van der Waals surface area contributed by atoms with E-state index in [1.54, 1.807) is 6.07 Å². The Kier molecular flexibility index (Phi) is 5.33. The third-order valence-corrected chi connectivity index (χ3v) is 7.12. The monoisotopic (exact) mass is 460 g/mol. The lowest BCUT2D eigenvalue weighted by atomic mass is 10.0. The molecule has 0 spiro atoms. The van der Waals surface area contributed by atoms with Gasteiger partial charge in [0.25, 0.3) is 0 Å². The van der Waals surface area contributed by atoms with Crippen LogP contribution in [0.3, 0.4) is 0 Å². The van der Waals surface area contributed by atoms with Crippen LogP contribution < -0.4 is 5.32 Å². The number of nitrogens with zero attached hydrogens (tertiary/aromatic N) is 5. The smallest absolute Gasteiger partial charge is 0.248 e. The van der Waals surface area contributed by atoms with Crippen molar-refractivity contribution in [1.29, 1.82) is 5.26 Å². The lowest BCUT2D eigenvalue weighted by molar-refractivity contribution is 0.00761. The Morgan fingerprint density at radius 2 is 2.10 bits per heavy atom. The van der Waals surface area contributed by atoms with E-state index in [4.69, 9.17) is 0 Å². The van der Waals surface area contributed by atoms with E-state index in [0.717, 1.165) is 21.3 Å². The number of fused-ring (bicyclic) bond motifs is 1. The van der Waals surface area contributed by atoms with Gasteiger partial charge in [-0.1, -0.05) is 0 Å². The van der Waals surface area contributed by atoms with Crippen LogP contribution in [0.25, 0.3) is 5.52 Å². The highest BCUT2D eigenvalue weighted by Crippen LogP contribution is 2.45. The van der Waals surface area contributed by atoms with Crippen LogP contribution >= 0.6 is 0 Å². The summed E-state index contributed by atoms with van der Waals surface area (Å²) in [6.45, 7) is -0.212. The average Bonchev–Trinajstić information content (AvgIpc) is 3.18. The highest BCUT2D eigenvalue weighted by Gasteiger charge is 2.43. The van der Waals surface area contributed by atoms with Gasteiger partial charge in [-0.2, -0.15) is 9.57 Å². The average molecular weight is 460 g/mol. The minimum atomic E-state index is -3.52. The molecule has 2 aromatic heterocycles. The number of anilines is 1. The van der Waals surface area contributed by atoms with Crippen LogP contribution in [0.5, 0.6) is 0 Å². The number of nitrogens with one attached hydrogen (secondary N) is 1. The summed E-state index contributed by atoms with van der Waals surface area (Å²) in [6.07, 6.45) is -0.0663. The van der Waals surface area contributed by atoms with Crippen LogP contribution in [0.2, 0.25) is 0 Å². The number of alkyl halides is 3. The van der Waals surface area contributed by atoms with E-state index in [-0.39, 0.29) is 55.1 Å². The predicted molar refractivity (Wildman–Crippen MR) is 103 cm³/mol. The van der Waals surface area contributed by atoms with Crippen molar-refractivity contribution in [3.8, 4) is 6.07 Å². The van der Waals surface area contributed by atoms with E-state index in [9.17, 15) is 31.2 Å². The lowest BCUT2D eigenvalue weighted by Crippen LogP contribution is -2.49. The van der Waals surface area contributed by atoms with Crippen molar-refractivity contribution in [2.75, 3.05) is 24.7 Å². The normalized spacial score (nSPS) is 26.8. The van der Waals surface area contributed by atoms with Gasteiger partial charge in [-0.3, -0.25) is 0 Å². The maximum atomic E-state index is 14.7. The molecule has 0 aromatic carbocycles. The lowest BCUT2D eigenvalue weighted by Gasteiger charge is -2.33. The molecule has 3 heterocycles. The van der Waals surface area contributed by atoms with Gasteiger partial charge < -0.3 is 5.32 Å². The second kappa shape index (κ2) is 7.59. The van der Waals surface area contributed by atoms with Gasteiger partial charge in [-0.05, 0) is 12.8 Å². The van der Waals surface area contributed by atoms with Crippen LogP contribution in [0, 0.1) is 17.1 Å². The van der Waals surface area contributed by atoms with Gasteiger partial charge in [-0.15, -0.1) is 5.10 Å². The van der Waals surface area contributed by atoms with Gasteiger partial charge in [0.1, 0.15) is 23.3 Å². The van der Waals surface area contributed by atoms with Crippen molar-refractivity contribution in [1.82, 2.24) is 18.9 Å². The summed E-state index contributed by atoms with van der Waals surface area (Å²) in [5, 5.41) is 16.3. The Morgan fingerprint density at radius 3 is 2.68 bits per heavy atom. The first kappa shape index (κ1) is 21.8. The van der Waals surface area contributed by atoms with Crippen molar-refractivity contribution in [2.24, 2.45) is 0 Å². The molecule has 0 amide bonds. The maximum absolute atomic E-state index is 14.7. The Morgan fingerprint density at radius 1 is 1.35 bits per heavy atom. The summed E-state index contributed by atoms with van der Waals surface area (Å²) in [7, 11) is -3.52. The molecule has 31 heavy (non-hydrogen) atoms. The van der Waals surface area contributed by atoms with Crippen LogP contribution in [0.1, 0.15) is 42.9 Å². The summed E-state index contributed by atoms with van der Waals surface area (Å²) in [5.41, 5.74) is -0.420. The van der Waals surface area contributed by atoms with Gasteiger partial charge in [0.15, 0.2) is 5.82 Å². The Labute approximate surface area is 175 Å². The Hall–Kier alpha value is -2.46. The fourth-order valence-corrected chi connectivity index (χ4v) is 5.12. The second-order valence-corrected chi connectivity index (χ2v) is 10.0. The number of nitriles is 1. The Balaban J connectivity index is 1.64. The molecule has 2 fully saturated rings. The minimum Gasteiger partial charge on any atom is -0.347 e. The molecule has 0 radical (unpaired) electrons. The minimum absolute atomic E-state index is 0.0568. The van der Waals surface area contributed by atoms with Gasteiger partial charge in [0.05, 0.1) is 24.2 Å². The third kappa shape index (κ3) is 4.06. The Bertz CT molecular complexity index is 1160. The van der Waals surface area contributed by atoms with E-state index in [2.05, 4.69) is 15.4 Å². The van der Waals surface area contributed by atoms with Crippen molar-refractivity contribution >= 4 is 21.5 Å². The van der Waals surface area contributed by atoms with Gasteiger partial charge in [0.2, 0.25) is 21.9 Å². The van der Waals surface area contributed by atoms with Crippen LogP contribution in [0.15, 0.2) is 6.20 Å². The fraction of sp³-hybridized carbons (Fsp3) is 0.611. The summed E-state index contributed by atoms with van der Waals surface area (Å²) in [5.74, 6) is -4.61. The summed E-state index contributed by atoms with van der Waals surface area (Å²) >= 11 is 0. The number of aromatic nitrogens is 3. The molecule has 1 aliphatic heterocycles. The number of halogens is 4. The molecule has 2 aliphatic rings. The molecule has 8 nitrogen and oxygen atoms in total. The van der Waals surface area contributed by atoms with Crippen molar-refractivity contribution in [2.45, 2.75) is 49.7 Å². The van der Waals surface area contributed by atoms with E-state index in [0.29, 0.717) is 0 Å². The molecular weight excluding hydrogens is 440 g/mol. The van der Waals surface area contributed by atoms with Gasteiger partial charge >= 0.3 is 0 Å². The summed E-state index contributed by atoms with van der Waals surface area (Å²) in [6, 6.07) is 0.947.